The zero-order chi connectivity index (χ0) is 30.2. The number of carbonyl (C=O) groups is 2. The second-order valence-electron chi connectivity index (χ2n) is 10.7. The Morgan fingerprint density at radius 3 is 2.74 bits per heavy atom. The van der Waals surface area contributed by atoms with E-state index in [9.17, 15) is 9.59 Å². The van der Waals surface area contributed by atoms with E-state index in [-0.39, 0.29) is 17.4 Å². The fourth-order valence-electron chi connectivity index (χ4n) is 4.99. The van der Waals surface area contributed by atoms with Crippen molar-refractivity contribution in [2.45, 2.75) is 26.8 Å². The number of aryl methyl sites for hydroxylation is 3. The first-order chi connectivity index (χ1) is 20.7. The third kappa shape index (κ3) is 5.26. The first kappa shape index (κ1) is 27.5. The number of aromatic amines is 2. The van der Waals surface area contributed by atoms with Gasteiger partial charge >= 0.3 is 0 Å². The van der Waals surface area contributed by atoms with Crippen molar-refractivity contribution in [2.75, 3.05) is 13.1 Å². The summed E-state index contributed by atoms with van der Waals surface area (Å²) in [6, 6.07) is 11.5. The van der Waals surface area contributed by atoms with Crippen molar-refractivity contribution in [1.82, 2.24) is 50.1 Å². The molecule has 3 N–H and O–H groups in total. The van der Waals surface area contributed by atoms with Gasteiger partial charge in [-0.25, -0.2) is 19.6 Å². The van der Waals surface area contributed by atoms with Gasteiger partial charge in [-0.1, -0.05) is 12.1 Å². The van der Waals surface area contributed by atoms with Crippen LogP contribution >= 0.6 is 0 Å². The average molecular weight is 576 g/mol. The smallest absolute Gasteiger partial charge is 0.255 e. The van der Waals surface area contributed by atoms with Crippen LogP contribution in [-0.4, -0.2) is 75.8 Å². The van der Waals surface area contributed by atoms with Crippen LogP contribution in [0.5, 0.6) is 0 Å². The van der Waals surface area contributed by atoms with Gasteiger partial charge in [-0.2, -0.15) is 15.5 Å². The van der Waals surface area contributed by atoms with Crippen LogP contribution in [0.4, 0.5) is 0 Å². The zero-order valence-electron chi connectivity index (χ0n) is 24.1. The molecule has 1 fully saturated rings. The number of carbonyl (C=O) groups excluding carboxylic acids is 2. The van der Waals surface area contributed by atoms with E-state index < -0.39 is 11.9 Å². The first-order valence-corrected chi connectivity index (χ1v) is 13.8. The van der Waals surface area contributed by atoms with Gasteiger partial charge in [0.1, 0.15) is 22.9 Å². The molecule has 0 bridgehead atoms. The molecule has 13 heteroatoms. The number of fused-ring (bicyclic) bond motifs is 3. The van der Waals surface area contributed by atoms with E-state index in [2.05, 4.69) is 71.7 Å². The number of rotatable bonds is 4. The number of pyridine rings is 1. The van der Waals surface area contributed by atoms with Crippen molar-refractivity contribution in [1.29, 1.82) is 5.26 Å². The maximum absolute atomic E-state index is 12.9. The van der Waals surface area contributed by atoms with E-state index in [1.54, 1.807) is 22.7 Å². The monoisotopic (exact) mass is 575 g/mol. The quantitative estimate of drug-likeness (QED) is 0.287. The molecule has 1 saturated heterocycles. The second kappa shape index (κ2) is 11.0. The van der Waals surface area contributed by atoms with Crippen LogP contribution in [0, 0.1) is 31.1 Å². The maximum Gasteiger partial charge on any atom is 0.255 e. The molecule has 216 valence electrons. The van der Waals surface area contributed by atoms with Crippen LogP contribution in [0.2, 0.25) is 0 Å². The highest BCUT2D eigenvalue weighted by atomic mass is 16.2. The Hall–Kier alpha value is -5.64. The number of amides is 2. The molecule has 0 spiro atoms. The van der Waals surface area contributed by atoms with E-state index >= 15 is 0 Å². The number of nitrogens with one attached hydrogen (secondary N) is 3. The van der Waals surface area contributed by atoms with E-state index in [0.29, 0.717) is 35.6 Å². The van der Waals surface area contributed by atoms with Crippen molar-refractivity contribution in [3.05, 3.63) is 65.7 Å². The molecule has 1 aliphatic rings. The van der Waals surface area contributed by atoms with Crippen molar-refractivity contribution in [3.63, 3.8) is 0 Å². The third-order valence-corrected chi connectivity index (χ3v) is 7.39. The van der Waals surface area contributed by atoms with E-state index in [1.165, 1.54) is 17.1 Å². The number of aromatic nitrogens is 8. The molecule has 0 unspecified atom stereocenters. The van der Waals surface area contributed by atoms with Gasteiger partial charge in [0.25, 0.3) is 5.91 Å². The van der Waals surface area contributed by atoms with Gasteiger partial charge in [-0.3, -0.25) is 14.7 Å². The number of hydrogen-bond acceptors (Lipinski definition) is 8. The number of benzene rings is 1. The highest BCUT2D eigenvalue weighted by Gasteiger charge is 2.33. The first-order valence-electron chi connectivity index (χ1n) is 13.8. The van der Waals surface area contributed by atoms with Gasteiger partial charge in [0.15, 0.2) is 11.3 Å². The molecule has 1 aliphatic heterocycles. The van der Waals surface area contributed by atoms with Gasteiger partial charge in [-0.15, -0.1) is 0 Å². The summed E-state index contributed by atoms with van der Waals surface area (Å²) in [5.41, 5.74) is 6.25. The maximum atomic E-state index is 12.9. The number of likely N-dealkylation sites (tertiary alicyclic amines) is 1. The molecule has 2 amide bonds. The summed E-state index contributed by atoms with van der Waals surface area (Å²) >= 11 is 0. The summed E-state index contributed by atoms with van der Waals surface area (Å²) in [7, 11) is 1.81. The summed E-state index contributed by atoms with van der Waals surface area (Å²) < 4.78 is 1.69. The molecule has 13 nitrogen and oxygen atoms in total. The van der Waals surface area contributed by atoms with Crippen LogP contribution in [0.1, 0.15) is 28.5 Å². The summed E-state index contributed by atoms with van der Waals surface area (Å²) in [5, 5.41) is 25.0. The van der Waals surface area contributed by atoms with E-state index in [0.717, 1.165) is 22.2 Å². The summed E-state index contributed by atoms with van der Waals surface area (Å²) in [6.45, 7) is 6.40. The Balaban J connectivity index is 0.000000277. The van der Waals surface area contributed by atoms with Gasteiger partial charge in [0.2, 0.25) is 5.91 Å². The molecule has 43 heavy (non-hydrogen) atoms. The highest BCUT2D eigenvalue weighted by Crippen LogP contribution is 2.27. The van der Waals surface area contributed by atoms with Gasteiger partial charge < -0.3 is 15.2 Å². The Morgan fingerprint density at radius 1 is 1.14 bits per heavy atom. The minimum absolute atomic E-state index is 0.138. The van der Waals surface area contributed by atoms with Crippen LogP contribution in [0.15, 0.2) is 48.9 Å². The minimum atomic E-state index is -0.729. The largest absolute Gasteiger partial charge is 0.344 e. The molecule has 0 aliphatic carbocycles. The third-order valence-electron chi connectivity index (χ3n) is 7.39. The Bertz CT molecular complexity index is 2040. The molecule has 5 aromatic heterocycles. The molecular formula is C30H29N11O2. The molecule has 6 aromatic rings. The molecular weight excluding hydrogens is 546 g/mol. The summed E-state index contributed by atoms with van der Waals surface area (Å²) in [4.78, 5) is 43.5. The van der Waals surface area contributed by atoms with Crippen molar-refractivity contribution in [2.24, 2.45) is 13.0 Å². The van der Waals surface area contributed by atoms with Crippen LogP contribution in [0.25, 0.3) is 44.5 Å². The lowest BCUT2D eigenvalue weighted by Crippen LogP contribution is -2.55. The van der Waals surface area contributed by atoms with Gasteiger partial charge in [0, 0.05) is 42.8 Å². The number of nitriles is 1. The van der Waals surface area contributed by atoms with E-state index in [4.69, 9.17) is 5.26 Å². The second-order valence-corrected chi connectivity index (χ2v) is 10.7. The van der Waals surface area contributed by atoms with E-state index in [1.807, 2.05) is 32.3 Å². The fourth-order valence-corrected chi connectivity index (χ4v) is 4.99. The average Bonchev–Trinajstić information content (AvgIpc) is 3.69. The predicted molar refractivity (Wildman–Crippen MR) is 160 cm³/mol. The zero-order valence-corrected chi connectivity index (χ0v) is 24.1. The lowest BCUT2D eigenvalue weighted by atomic mass is 10.0. The summed E-state index contributed by atoms with van der Waals surface area (Å²) in [6.07, 6.45) is 4.95. The van der Waals surface area contributed by atoms with Crippen LogP contribution in [-0.2, 0) is 11.8 Å². The fraction of sp³-hybridized carbons (Fsp3) is 0.267. The number of hydrogen-bond donors (Lipinski definition) is 3. The normalized spacial score (nSPS) is 13.8. The molecule has 1 aromatic carbocycles. The number of nitrogens with zero attached hydrogens (tertiary/aromatic N) is 8. The van der Waals surface area contributed by atoms with Crippen molar-refractivity contribution in [3.8, 4) is 17.5 Å². The topological polar surface area (TPSA) is 174 Å². The Morgan fingerprint density at radius 2 is 1.95 bits per heavy atom. The Labute approximate surface area is 246 Å². The van der Waals surface area contributed by atoms with Crippen LogP contribution in [0.3, 0.4) is 0 Å². The molecule has 0 saturated carbocycles. The van der Waals surface area contributed by atoms with Gasteiger partial charge in [0.05, 0.1) is 35.5 Å². The SMILES string of the molecule is Cc1ccc2c(-c3cnc4[nH]cc(C(=O)N[C@H](C)C(=O)N5CC(C#N)C5)c4n3)nn(C)c2n1.Cc1ccc2cn[nH]c2c1. The lowest BCUT2D eigenvalue weighted by molar-refractivity contribution is -0.137. The standard InChI is InChI=1S/C22H21N9O2.C8H8N2/c1-11-4-5-14-17(29-30(3)20(14)26-11)16-8-25-19-18(28-16)15(7-24-19)21(32)27-12(2)22(33)31-9-13(6-23)10-31;1-6-2-3-7-5-9-10-8(7)4-6/h4-5,7-8,12-13H,9-10H2,1-3H3,(H,24,25)(H,27,32);2-5H,1H3,(H,9,10)/t12-;/m1./s1. The highest BCUT2D eigenvalue weighted by molar-refractivity contribution is 6.06. The van der Waals surface area contributed by atoms with Crippen molar-refractivity contribution < 1.29 is 9.59 Å². The predicted octanol–water partition coefficient (Wildman–Crippen LogP) is 3.19. The minimum Gasteiger partial charge on any atom is -0.344 e. The number of H-pyrrole nitrogens is 2. The van der Waals surface area contributed by atoms with Crippen molar-refractivity contribution >= 4 is 44.9 Å². The molecule has 6 heterocycles. The van der Waals surface area contributed by atoms with Crippen LogP contribution < -0.4 is 5.32 Å². The lowest BCUT2D eigenvalue weighted by Gasteiger charge is -2.37. The van der Waals surface area contributed by atoms with Gasteiger partial charge in [-0.05, 0) is 44.5 Å². The summed E-state index contributed by atoms with van der Waals surface area (Å²) in [5.74, 6) is -0.792. The Kier molecular flexibility index (Phi) is 7.03. The molecule has 7 rings (SSSR count). The molecule has 0 radical (unpaired) electrons. The molecule has 1 atom stereocenters.